The largest absolute Gasteiger partial charge is 0.361 e. The van der Waals surface area contributed by atoms with Crippen LogP contribution in [0.5, 0.6) is 0 Å². The van der Waals surface area contributed by atoms with Crippen LogP contribution in [-0.4, -0.2) is 40.6 Å². The molecule has 0 bridgehead atoms. The Morgan fingerprint density at radius 2 is 2.00 bits per heavy atom. The summed E-state index contributed by atoms with van der Waals surface area (Å²) in [6.45, 7) is 2.49. The minimum atomic E-state index is -0.383. The predicted octanol–water partition coefficient (Wildman–Crippen LogP) is 3.40. The maximum atomic E-state index is 12.6. The van der Waals surface area contributed by atoms with Gasteiger partial charge in [0.05, 0.1) is 5.92 Å². The Labute approximate surface area is 168 Å². The lowest BCUT2D eigenvalue weighted by atomic mass is 10.1. The lowest BCUT2D eigenvalue weighted by molar-refractivity contribution is -0.128. The van der Waals surface area contributed by atoms with Crippen LogP contribution in [0, 0.1) is 5.92 Å². The van der Waals surface area contributed by atoms with Crippen molar-refractivity contribution in [1.82, 2.24) is 9.88 Å². The maximum absolute atomic E-state index is 12.6. The number of likely N-dealkylation sites (tertiary alicyclic amines) is 1. The van der Waals surface area contributed by atoms with Gasteiger partial charge in [0, 0.05) is 47.9 Å². The summed E-state index contributed by atoms with van der Waals surface area (Å²) >= 11 is 0. The first-order valence-electron chi connectivity index (χ1n) is 9.76. The third-order valence-corrected chi connectivity index (χ3v) is 5.45. The molecule has 1 aromatic heterocycles. The van der Waals surface area contributed by atoms with Crippen molar-refractivity contribution in [3.05, 3.63) is 65.9 Å². The Morgan fingerprint density at radius 1 is 1.17 bits per heavy atom. The zero-order valence-electron chi connectivity index (χ0n) is 16.3. The highest BCUT2D eigenvalue weighted by Crippen LogP contribution is 2.23. The Bertz CT molecular complexity index is 1090. The third kappa shape index (κ3) is 4.06. The van der Waals surface area contributed by atoms with Crippen molar-refractivity contribution in [2.75, 3.05) is 18.4 Å². The van der Waals surface area contributed by atoms with E-state index in [0.29, 0.717) is 24.3 Å². The molecule has 1 aliphatic rings. The molecule has 1 aliphatic heterocycles. The van der Waals surface area contributed by atoms with Crippen LogP contribution >= 0.6 is 0 Å². The molecular weight excluding hydrogens is 366 g/mol. The van der Waals surface area contributed by atoms with Gasteiger partial charge in [-0.25, -0.2) is 0 Å². The van der Waals surface area contributed by atoms with Crippen LogP contribution < -0.4 is 5.32 Å². The highest BCUT2D eigenvalue weighted by molar-refractivity contribution is 5.99. The van der Waals surface area contributed by atoms with E-state index >= 15 is 0 Å². The molecule has 6 heteroatoms. The summed E-state index contributed by atoms with van der Waals surface area (Å²) in [7, 11) is 0. The molecule has 1 unspecified atom stereocenters. The van der Waals surface area contributed by atoms with Gasteiger partial charge in [0.15, 0.2) is 5.78 Å². The van der Waals surface area contributed by atoms with E-state index in [1.54, 1.807) is 29.2 Å². The van der Waals surface area contributed by atoms with Gasteiger partial charge in [0.2, 0.25) is 11.8 Å². The number of hydrogen-bond acceptors (Lipinski definition) is 3. The van der Waals surface area contributed by atoms with Gasteiger partial charge in [-0.05, 0) is 37.1 Å². The van der Waals surface area contributed by atoms with E-state index in [9.17, 15) is 14.4 Å². The van der Waals surface area contributed by atoms with E-state index in [-0.39, 0.29) is 29.9 Å². The number of amides is 2. The summed E-state index contributed by atoms with van der Waals surface area (Å²) < 4.78 is 0. The van der Waals surface area contributed by atoms with E-state index < -0.39 is 0 Å². The van der Waals surface area contributed by atoms with Crippen molar-refractivity contribution in [3.63, 3.8) is 0 Å². The number of fused-ring (bicyclic) bond motifs is 1. The average molecular weight is 389 g/mol. The summed E-state index contributed by atoms with van der Waals surface area (Å²) in [5.74, 6) is -0.622. The fourth-order valence-electron chi connectivity index (χ4n) is 3.82. The molecule has 1 saturated heterocycles. The monoisotopic (exact) mass is 389 g/mol. The van der Waals surface area contributed by atoms with Crippen LogP contribution in [0.2, 0.25) is 0 Å². The van der Waals surface area contributed by atoms with Crippen molar-refractivity contribution in [2.24, 2.45) is 5.92 Å². The quantitative estimate of drug-likeness (QED) is 0.634. The summed E-state index contributed by atoms with van der Waals surface area (Å²) in [6.07, 6.45) is 2.94. The van der Waals surface area contributed by atoms with E-state index in [1.165, 1.54) is 17.9 Å². The van der Waals surface area contributed by atoms with Gasteiger partial charge in [-0.3, -0.25) is 14.4 Å². The van der Waals surface area contributed by atoms with Gasteiger partial charge in [0.1, 0.15) is 0 Å². The van der Waals surface area contributed by atoms with Gasteiger partial charge < -0.3 is 15.2 Å². The van der Waals surface area contributed by atoms with Gasteiger partial charge in [-0.1, -0.05) is 30.3 Å². The second kappa shape index (κ2) is 7.91. The smallest absolute Gasteiger partial charge is 0.229 e. The van der Waals surface area contributed by atoms with E-state index in [4.69, 9.17) is 0 Å². The first-order chi connectivity index (χ1) is 14.0. The number of Topliss-reactive ketones (excluding diaryl/α,β-unsaturated/α-hetero) is 1. The van der Waals surface area contributed by atoms with Crippen LogP contribution in [0.3, 0.4) is 0 Å². The SMILES string of the molecule is CC(=O)c1cccc(NC(=O)C2CC(=O)N(CCc3c[nH]c4ccccc34)C2)c1. The minimum Gasteiger partial charge on any atom is -0.361 e. The number of carbonyl (C=O) groups excluding carboxylic acids is 3. The number of nitrogens with one attached hydrogen (secondary N) is 2. The van der Waals surface area contributed by atoms with Crippen LogP contribution in [0.4, 0.5) is 5.69 Å². The molecule has 0 radical (unpaired) electrons. The number of ketones is 1. The van der Waals surface area contributed by atoms with E-state index in [2.05, 4.69) is 16.4 Å². The number of aromatic nitrogens is 1. The van der Waals surface area contributed by atoms with E-state index in [1.807, 2.05) is 24.4 Å². The molecule has 2 N–H and O–H groups in total. The Morgan fingerprint density at radius 3 is 2.83 bits per heavy atom. The number of carbonyl (C=O) groups is 3. The normalized spacial score (nSPS) is 16.4. The van der Waals surface area contributed by atoms with Gasteiger partial charge in [-0.15, -0.1) is 0 Å². The lowest BCUT2D eigenvalue weighted by Gasteiger charge is -2.16. The molecule has 0 aliphatic carbocycles. The third-order valence-electron chi connectivity index (χ3n) is 5.45. The number of para-hydroxylation sites is 1. The van der Waals surface area contributed by atoms with Crippen LogP contribution in [0.25, 0.3) is 10.9 Å². The number of rotatable bonds is 6. The van der Waals surface area contributed by atoms with Crippen molar-refractivity contribution < 1.29 is 14.4 Å². The topological polar surface area (TPSA) is 82.3 Å². The first kappa shape index (κ1) is 18.9. The van der Waals surface area contributed by atoms with Crippen molar-refractivity contribution >= 4 is 34.2 Å². The van der Waals surface area contributed by atoms with Crippen molar-refractivity contribution in [3.8, 4) is 0 Å². The second-order valence-electron chi connectivity index (χ2n) is 7.48. The Hall–Kier alpha value is -3.41. The zero-order valence-corrected chi connectivity index (χ0v) is 16.3. The summed E-state index contributed by atoms with van der Waals surface area (Å²) in [6, 6.07) is 14.9. The maximum Gasteiger partial charge on any atom is 0.229 e. The molecule has 0 saturated carbocycles. The van der Waals surface area contributed by atoms with E-state index in [0.717, 1.165) is 11.9 Å². The summed E-state index contributed by atoms with van der Waals surface area (Å²) in [4.78, 5) is 41.5. The van der Waals surface area contributed by atoms with Gasteiger partial charge in [0.25, 0.3) is 0 Å². The second-order valence-corrected chi connectivity index (χ2v) is 7.48. The number of H-pyrrole nitrogens is 1. The summed E-state index contributed by atoms with van der Waals surface area (Å²) in [5.41, 5.74) is 3.38. The molecule has 4 rings (SSSR count). The molecule has 148 valence electrons. The van der Waals surface area contributed by atoms with Crippen LogP contribution in [0.1, 0.15) is 29.3 Å². The predicted molar refractivity (Wildman–Crippen MR) is 112 cm³/mol. The highest BCUT2D eigenvalue weighted by atomic mass is 16.2. The first-order valence-corrected chi connectivity index (χ1v) is 9.76. The molecule has 1 atom stereocenters. The van der Waals surface area contributed by atoms with Gasteiger partial charge >= 0.3 is 0 Å². The minimum absolute atomic E-state index is 0.00229. The number of anilines is 1. The van der Waals surface area contributed by atoms with Crippen molar-refractivity contribution in [2.45, 2.75) is 19.8 Å². The summed E-state index contributed by atoms with van der Waals surface area (Å²) in [5, 5.41) is 4.00. The number of nitrogens with zero attached hydrogens (tertiary/aromatic N) is 1. The number of benzene rings is 2. The molecule has 0 spiro atoms. The molecule has 6 nitrogen and oxygen atoms in total. The highest BCUT2D eigenvalue weighted by Gasteiger charge is 2.34. The Kier molecular flexibility index (Phi) is 5.16. The standard InChI is InChI=1S/C23H23N3O3/c1-15(27)16-5-4-6-19(11-16)25-23(29)18-12-22(28)26(14-18)10-9-17-13-24-21-8-3-2-7-20(17)21/h2-8,11,13,18,24H,9-10,12,14H2,1H3,(H,25,29). The van der Waals surface area contributed by atoms with Gasteiger partial charge in [-0.2, -0.15) is 0 Å². The zero-order chi connectivity index (χ0) is 20.4. The van der Waals surface area contributed by atoms with Crippen molar-refractivity contribution in [1.29, 1.82) is 0 Å². The van der Waals surface area contributed by atoms with Crippen LogP contribution in [0.15, 0.2) is 54.7 Å². The molecule has 3 aromatic rings. The molecular formula is C23H23N3O3. The number of hydrogen-bond donors (Lipinski definition) is 2. The molecule has 2 aromatic carbocycles. The molecule has 2 heterocycles. The van der Waals surface area contributed by atoms with Crippen LogP contribution in [-0.2, 0) is 16.0 Å². The molecule has 29 heavy (non-hydrogen) atoms. The Balaban J connectivity index is 1.36. The lowest BCUT2D eigenvalue weighted by Crippen LogP contribution is -2.30. The fourth-order valence-corrected chi connectivity index (χ4v) is 3.82. The molecule has 2 amide bonds. The fraction of sp³-hybridized carbons (Fsp3) is 0.261. The molecule has 1 fully saturated rings. The average Bonchev–Trinajstić information content (AvgIpc) is 3.30. The number of aromatic amines is 1.